The number of anilines is 1. The molecule has 1 aromatic heterocycles. The van der Waals surface area contributed by atoms with Gasteiger partial charge in [-0.25, -0.2) is 0 Å². The van der Waals surface area contributed by atoms with Gasteiger partial charge in [0.25, 0.3) is 5.69 Å². The first-order chi connectivity index (χ1) is 11.6. The normalized spacial score (nSPS) is 10.5. The number of rotatable bonds is 5. The van der Waals surface area contributed by atoms with Crippen LogP contribution in [0.1, 0.15) is 0 Å². The van der Waals surface area contributed by atoms with Gasteiger partial charge < -0.3 is 5.32 Å². The Morgan fingerprint density at radius 1 is 1.12 bits per heavy atom. The SMILES string of the molecule is O=C(CSc1cccc2cccnc12)Nc1ccccc1[N+](=O)[O-]. The zero-order valence-electron chi connectivity index (χ0n) is 12.5. The predicted octanol–water partition coefficient (Wildman–Crippen LogP) is 3.87. The Kier molecular flexibility index (Phi) is 4.72. The van der Waals surface area contributed by atoms with Crippen LogP contribution in [0.5, 0.6) is 0 Å². The molecule has 0 spiro atoms. The predicted molar refractivity (Wildman–Crippen MR) is 94.2 cm³/mol. The minimum Gasteiger partial charge on any atom is -0.320 e. The molecule has 0 saturated carbocycles. The van der Waals surface area contributed by atoms with Crippen LogP contribution in [-0.2, 0) is 4.79 Å². The number of para-hydroxylation sites is 3. The molecule has 0 atom stereocenters. The van der Waals surface area contributed by atoms with E-state index in [4.69, 9.17) is 0 Å². The number of nitrogens with one attached hydrogen (secondary N) is 1. The maximum Gasteiger partial charge on any atom is 0.292 e. The van der Waals surface area contributed by atoms with Crippen LogP contribution in [0.2, 0.25) is 0 Å². The molecule has 7 heteroatoms. The highest BCUT2D eigenvalue weighted by Crippen LogP contribution is 2.27. The average Bonchev–Trinajstić information content (AvgIpc) is 2.60. The summed E-state index contributed by atoms with van der Waals surface area (Å²) >= 11 is 1.35. The molecule has 24 heavy (non-hydrogen) atoms. The molecule has 1 amide bonds. The number of amides is 1. The molecule has 120 valence electrons. The third-order valence-electron chi connectivity index (χ3n) is 3.33. The fraction of sp³-hybridized carbons (Fsp3) is 0.0588. The fourth-order valence-corrected chi connectivity index (χ4v) is 3.10. The van der Waals surface area contributed by atoms with Crippen LogP contribution in [0, 0.1) is 10.1 Å². The van der Waals surface area contributed by atoms with Crippen molar-refractivity contribution in [1.29, 1.82) is 0 Å². The summed E-state index contributed by atoms with van der Waals surface area (Å²) < 4.78 is 0. The lowest BCUT2D eigenvalue weighted by atomic mass is 10.2. The molecule has 0 fully saturated rings. The molecule has 0 saturated heterocycles. The molecule has 0 aliphatic rings. The average molecular weight is 339 g/mol. The summed E-state index contributed by atoms with van der Waals surface area (Å²) in [6.07, 6.45) is 1.71. The Hall–Kier alpha value is -2.93. The van der Waals surface area contributed by atoms with Gasteiger partial charge in [0.1, 0.15) is 5.69 Å². The van der Waals surface area contributed by atoms with Crippen molar-refractivity contribution in [2.75, 3.05) is 11.1 Å². The minimum absolute atomic E-state index is 0.123. The van der Waals surface area contributed by atoms with Crippen LogP contribution >= 0.6 is 11.8 Å². The summed E-state index contributed by atoms with van der Waals surface area (Å²) in [7, 11) is 0. The Morgan fingerprint density at radius 2 is 1.92 bits per heavy atom. The van der Waals surface area contributed by atoms with Gasteiger partial charge in [0, 0.05) is 22.5 Å². The first kappa shape index (κ1) is 15.9. The molecular formula is C17H13N3O3S. The lowest BCUT2D eigenvalue weighted by Crippen LogP contribution is -2.15. The maximum atomic E-state index is 12.1. The van der Waals surface area contributed by atoms with Gasteiger partial charge in [-0.3, -0.25) is 19.9 Å². The van der Waals surface area contributed by atoms with Crippen molar-refractivity contribution in [2.24, 2.45) is 0 Å². The number of hydrogen-bond donors (Lipinski definition) is 1. The molecule has 2 aromatic carbocycles. The number of nitro groups is 1. The lowest BCUT2D eigenvalue weighted by Gasteiger charge is -2.07. The first-order valence-corrected chi connectivity index (χ1v) is 8.13. The van der Waals surface area contributed by atoms with E-state index in [-0.39, 0.29) is 23.0 Å². The number of nitrogens with zero attached hydrogens (tertiary/aromatic N) is 2. The van der Waals surface area contributed by atoms with E-state index in [0.717, 1.165) is 15.8 Å². The molecule has 3 aromatic rings. The van der Waals surface area contributed by atoms with Crippen LogP contribution in [-0.4, -0.2) is 21.6 Å². The number of carbonyl (C=O) groups excluding carboxylic acids is 1. The number of carbonyl (C=O) groups is 1. The van der Waals surface area contributed by atoms with Crippen molar-refractivity contribution in [1.82, 2.24) is 4.98 Å². The molecule has 0 aliphatic heterocycles. The van der Waals surface area contributed by atoms with Gasteiger partial charge in [-0.05, 0) is 18.2 Å². The first-order valence-electron chi connectivity index (χ1n) is 7.15. The Balaban J connectivity index is 1.71. The Morgan fingerprint density at radius 3 is 2.75 bits per heavy atom. The lowest BCUT2D eigenvalue weighted by molar-refractivity contribution is -0.383. The van der Waals surface area contributed by atoms with E-state index in [1.165, 1.54) is 23.9 Å². The van der Waals surface area contributed by atoms with E-state index in [9.17, 15) is 14.9 Å². The molecule has 1 heterocycles. The van der Waals surface area contributed by atoms with E-state index in [1.54, 1.807) is 18.3 Å². The minimum atomic E-state index is -0.516. The van der Waals surface area contributed by atoms with Crippen LogP contribution in [0.25, 0.3) is 10.9 Å². The van der Waals surface area contributed by atoms with Crippen LogP contribution < -0.4 is 5.32 Å². The zero-order valence-corrected chi connectivity index (χ0v) is 13.3. The standard InChI is InChI=1S/C17H13N3O3S/c21-16(19-13-7-1-2-8-14(13)20(22)23)11-24-15-9-3-5-12-6-4-10-18-17(12)15/h1-10H,11H2,(H,19,21). The largest absolute Gasteiger partial charge is 0.320 e. The smallest absolute Gasteiger partial charge is 0.292 e. The topological polar surface area (TPSA) is 85.1 Å². The maximum absolute atomic E-state index is 12.1. The van der Waals surface area contributed by atoms with E-state index in [1.807, 2.05) is 30.3 Å². The molecule has 0 bridgehead atoms. The van der Waals surface area contributed by atoms with Gasteiger partial charge in [-0.15, -0.1) is 11.8 Å². The van der Waals surface area contributed by atoms with Crippen molar-refractivity contribution in [2.45, 2.75) is 4.90 Å². The number of nitro benzene ring substituents is 1. The third-order valence-corrected chi connectivity index (χ3v) is 4.38. The van der Waals surface area contributed by atoms with Gasteiger partial charge in [0.2, 0.25) is 5.91 Å². The zero-order chi connectivity index (χ0) is 16.9. The van der Waals surface area contributed by atoms with Crippen LogP contribution in [0.4, 0.5) is 11.4 Å². The van der Waals surface area contributed by atoms with Crippen molar-refractivity contribution in [3.63, 3.8) is 0 Å². The summed E-state index contributed by atoms with van der Waals surface area (Å²) in [6.45, 7) is 0. The van der Waals surface area contributed by atoms with Gasteiger partial charge in [0.05, 0.1) is 16.2 Å². The molecule has 1 N–H and O–H groups in total. The van der Waals surface area contributed by atoms with Crippen LogP contribution in [0.3, 0.4) is 0 Å². The molecule has 0 unspecified atom stereocenters. The van der Waals surface area contributed by atoms with Crippen molar-refractivity contribution in [3.8, 4) is 0 Å². The number of fused-ring (bicyclic) bond motifs is 1. The van der Waals surface area contributed by atoms with Gasteiger partial charge in [0.15, 0.2) is 0 Å². The van der Waals surface area contributed by atoms with Gasteiger partial charge >= 0.3 is 0 Å². The van der Waals surface area contributed by atoms with E-state index >= 15 is 0 Å². The molecule has 6 nitrogen and oxygen atoms in total. The second-order valence-electron chi connectivity index (χ2n) is 4.94. The van der Waals surface area contributed by atoms with Gasteiger partial charge in [-0.1, -0.05) is 30.3 Å². The highest BCUT2D eigenvalue weighted by molar-refractivity contribution is 8.00. The second kappa shape index (κ2) is 7.10. The quantitative estimate of drug-likeness (QED) is 0.433. The highest BCUT2D eigenvalue weighted by Gasteiger charge is 2.15. The molecule has 0 aliphatic carbocycles. The monoisotopic (exact) mass is 339 g/mol. The van der Waals surface area contributed by atoms with Crippen molar-refractivity contribution >= 4 is 39.9 Å². The molecule has 3 rings (SSSR count). The highest BCUT2D eigenvalue weighted by atomic mass is 32.2. The van der Waals surface area contributed by atoms with Crippen LogP contribution in [0.15, 0.2) is 65.7 Å². The third kappa shape index (κ3) is 3.52. The summed E-state index contributed by atoms with van der Waals surface area (Å²) in [5, 5.41) is 14.6. The van der Waals surface area contributed by atoms with E-state index in [2.05, 4.69) is 10.3 Å². The Bertz CT molecular complexity index is 909. The summed E-state index contributed by atoms with van der Waals surface area (Å²) in [4.78, 5) is 27.8. The second-order valence-corrected chi connectivity index (χ2v) is 5.96. The number of benzene rings is 2. The number of hydrogen-bond acceptors (Lipinski definition) is 5. The van der Waals surface area contributed by atoms with Crippen molar-refractivity contribution < 1.29 is 9.72 Å². The van der Waals surface area contributed by atoms with Gasteiger partial charge in [-0.2, -0.15) is 0 Å². The number of aromatic nitrogens is 1. The fourth-order valence-electron chi connectivity index (χ4n) is 2.26. The Labute approximate surface area is 142 Å². The summed E-state index contributed by atoms with van der Waals surface area (Å²) in [6, 6.07) is 15.7. The summed E-state index contributed by atoms with van der Waals surface area (Å²) in [5.41, 5.74) is 0.912. The van der Waals surface area contributed by atoms with E-state index in [0.29, 0.717) is 0 Å². The van der Waals surface area contributed by atoms with Crippen molar-refractivity contribution in [3.05, 3.63) is 70.9 Å². The van der Waals surface area contributed by atoms with E-state index < -0.39 is 4.92 Å². The number of pyridine rings is 1. The molecular weight excluding hydrogens is 326 g/mol. The summed E-state index contributed by atoms with van der Waals surface area (Å²) in [5.74, 6) is -0.163. The number of thioether (sulfide) groups is 1. The molecule has 0 radical (unpaired) electrons.